The molecule has 0 unspecified atom stereocenters. The zero-order valence-electron chi connectivity index (χ0n) is 16.3. The van der Waals surface area contributed by atoms with Crippen molar-refractivity contribution in [3.63, 3.8) is 0 Å². The molecule has 0 saturated heterocycles. The number of aliphatic imine (C=N–C) groups is 1. The van der Waals surface area contributed by atoms with Crippen LogP contribution in [0.3, 0.4) is 0 Å². The van der Waals surface area contributed by atoms with Crippen molar-refractivity contribution in [2.24, 2.45) is 4.99 Å². The highest BCUT2D eigenvalue weighted by Crippen LogP contribution is 2.19. The lowest BCUT2D eigenvalue weighted by molar-refractivity contribution is -0.0504. The highest BCUT2D eigenvalue weighted by Gasteiger charge is 2.12. The van der Waals surface area contributed by atoms with Crippen LogP contribution in [0.5, 0.6) is 5.75 Å². The number of ether oxygens (including phenoxy) is 1. The SMILES string of the molecule is CN=C(NCCS(=O)(=O)NCc1ccccc1)NCc1ccccc1OC(F)F.I. The molecule has 0 aliphatic rings. The van der Waals surface area contributed by atoms with Crippen LogP contribution in [-0.2, 0) is 23.1 Å². The van der Waals surface area contributed by atoms with E-state index in [2.05, 4.69) is 25.1 Å². The van der Waals surface area contributed by atoms with E-state index in [-0.39, 0.29) is 55.1 Å². The third kappa shape index (κ3) is 9.67. The maximum Gasteiger partial charge on any atom is 0.387 e. The molecular weight excluding hydrogens is 529 g/mol. The van der Waals surface area contributed by atoms with E-state index in [1.165, 1.54) is 13.1 Å². The van der Waals surface area contributed by atoms with Gasteiger partial charge in [-0.25, -0.2) is 13.1 Å². The van der Waals surface area contributed by atoms with Gasteiger partial charge in [0.15, 0.2) is 5.96 Å². The highest BCUT2D eigenvalue weighted by molar-refractivity contribution is 14.0. The van der Waals surface area contributed by atoms with E-state index >= 15 is 0 Å². The fourth-order valence-corrected chi connectivity index (χ4v) is 3.33. The molecule has 0 bridgehead atoms. The molecule has 0 aliphatic carbocycles. The fourth-order valence-electron chi connectivity index (χ4n) is 2.43. The van der Waals surface area contributed by atoms with Gasteiger partial charge in [0.05, 0.1) is 5.75 Å². The van der Waals surface area contributed by atoms with Gasteiger partial charge in [-0.15, -0.1) is 24.0 Å². The summed E-state index contributed by atoms with van der Waals surface area (Å²) < 4.78 is 56.2. The summed E-state index contributed by atoms with van der Waals surface area (Å²) in [7, 11) is -1.94. The van der Waals surface area contributed by atoms with Gasteiger partial charge in [0.1, 0.15) is 5.75 Å². The number of hydrogen-bond acceptors (Lipinski definition) is 4. The summed E-state index contributed by atoms with van der Waals surface area (Å²) >= 11 is 0. The predicted octanol–water partition coefficient (Wildman–Crippen LogP) is 2.69. The average molecular weight is 554 g/mol. The summed E-state index contributed by atoms with van der Waals surface area (Å²) in [6, 6.07) is 15.6. The Morgan fingerprint density at radius 2 is 1.70 bits per heavy atom. The standard InChI is InChI=1S/C19H24F2N4O3S.HI/c1-22-19(24-14-16-9-5-6-10-17(16)28-18(20)21)23-11-12-29(26,27)25-13-15-7-3-2-4-8-15;/h2-10,18,25H,11-14H2,1H3,(H2,22,23,24);1H. The highest BCUT2D eigenvalue weighted by atomic mass is 127. The van der Waals surface area contributed by atoms with E-state index in [0.29, 0.717) is 11.5 Å². The first-order valence-corrected chi connectivity index (χ1v) is 10.5. The molecule has 3 N–H and O–H groups in total. The van der Waals surface area contributed by atoms with E-state index < -0.39 is 16.6 Å². The van der Waals surface area contributed by atoms with Gasteiger partial charge in [-0.3, -0.25) is 4.99 Å². The zero-order chi connectivity index (χ0) is 21.1. The molecule has 11 heteroatoms. The number of sulfonamides is 1. The Morgan fingerprint density at radius 3 is 2.37 bits per heavy atom. The van der Waals surface area contributed by atoms with E-state index in [9.17, 15) is 17.2 Å². The van der Waals surface area contributed by atoms with Gasteiger partial charge < -0.3 is 15.4 Å². The van der Waals surface area contributed by atoms with Crippen LogP contribution in [0.15, 0.2) is 59.6 Å². The summed E-state index contributed by atoms with van der Waals surface area (Å²) in [6.45, 7) is -2.39. The summed E-state index contributed by atoms with van der Waals surface area (Å²) in [4.78, 5) is 4.00. The summed E-state index contributed by atoms with van der Waals surface area (Å²) in [5.74, 6) is 0.263. The van der Waals surface area contributed by atoms with Crippen LogP contribution in [0.2, 0.25) is 0 Å². The molecule has 0 atom stereocenters. The lowest BCUT2D eigenvalue weighted by atomic mass is 10.2. The number of halogens is 3. The molecule has 0 amide bonds. The second-order valence-electron chi connectivity index (χ2n) is 5.96. The van der Waals surface area contributed by atoms with Crippen molar-refractivity contribution in [2.45, 2.75) is 19.7 Å². The largest absolute Gasteiger partial charge is 0.434 e. The normalized spacial score (nSPS) is 11.7. The van der Waals surface area contributed by atoms with Crippen molar-refractivity contribution in [1.82, 2.24) is 15.4 Å². The van der Waals surface area contributed by atoms with Gasteiger partial charge >= 0.3 is 6.61 Å². The predicted molar refractivity (Wildman–Crippen MR) is 124 cm³/mol. The summed E-state index contributed by atoms with van der Waals surface area (Å²) in [5.41, 5.74) is 1.39. The molecular formula is C19H25F2IN4O3S. The second-order valence-corrected chi connectivity index (χ2v) is 7.89. The number of para-hydroxylation sites is 1. The number of rotatable bonds is 10. The van der Waals surface area contributed by atoms with E-state index in [4.69, 9.17) is 0 Å². The van der Waals surface area contributed by atoms with Gasteiger partial charge in [-0.2, -0.15) is 8.78 Å². The number of nitrogens with zero attached hydrogens (tertiary/aromatic N) is 1. The number of alkyl halides is 2. The lowest BCUT2D eigenvalue weighted by Crippen LogP contribution is -2.40. The van der Waals surface area contributed by atoms with Crippen molar-refractivity contribution in [1.29, 1.82) is 0 Å². The molecule has 2 rings (SSSR count). The van der Waals surface area contributed by atoms with E-state index in [1.54, 1.807) is 18.2 Å². The smallest absolute Gasteiger partial charge is 0.387 e. The molecule has 0 radical (unpaired) electrons. The van der Waals surface area contributed by atoms with Gasteiger partial charge in [0.2, 0.25) is 10.0 Å². The molecule has 0 aromatic heterocycles. The third-order valence-corrected chi connectivity index (χ3v) is 5.19. The van der Waals surface area contributed by atoms with Crippen LogP contribution in [0.1, 0.15) is 11.1 Å². The van der Waals surface area contributed by atoms with E-state index in [1.807, 2.05) is 30.3 Å². The van der Waals surface area contributed by atoms with Crippen molar-refractivity contribution in [2.75, 3.05) is 19.3 Å². The van der Waals surface area contributed by atoms with Crippen LogP contribution in [0, 0.1) is 0 Å². The first-order chi connectivity index (χ1) is 13.9. The Balaban J connectivity index is 0.00000450. The number of nitrogens with one attached hydrogen (secondary N) is 3. The molecule has 2 aromatic carbocycles. The molecule has 7 nitrogen and oxygen atoms in total. The van der Waals surface area contributed by atoms with Gasteiger partial charge in [0.25, 0.3) is 0 Å². The molecule has 0 aliphatic heterocycles. The Hall–Kier alpha value is -1.99. The second kappa shape index (κ2) is 13.3. The minimum Gasteiger partial charge on any atom is -0.434 e. The number of benzene rings is 2. The lowest BCUT2D eigenvalue weighted by Gasteiger charge is -2.14. The average Bonchev–Trinajstić information content (AvgIpc) is 2.70. The van der Waals surface area contributed by atoms with Crippen molar-refractivity contribution < 1.29 is 21.9 Å². The van der Waals surface area contributed by atoms with Crippen LogP contribution >= 0.6 is 24.0 Å². The third-order valence-electron chi connectivity index (χ3n) is 3.86. The van der Waals surface area contributed by atoms with Crippen LogP contribution in [0.4, 0.5) is 8.78 Å². The summed E-state index contributed by atoms with van der Waals surface area (Å²) in [6.07, 6.45) is 0. The quantitative estimate of drug-likeness (QED) is 0.239. The first-order valence-electron chi connectivity index (χ1n) is 8.88. The first kappa shape index (κ1) is 26.0. The molecule has 2 aromatic rings. The Bertz CT molecular complexity index is 900. The molecule has 0 saturated carbocycles. The van der Waals surface area contributed by atoms with Crippen molar-refractivity contribution >= 4 is 40.0 Å². The molecule has 0 fully saturated rings. The molecule has 30 heavy (non-hydrogen) atoms. The van der Waals surface area contributed by atoms with Gasteiger partial charge in [-0.1, -0.05) is 48.5 Å². The van der Waals surface area contributed by atoms with Crippen LogP contribution in [-0.4, -0.2) is 40.3 Å². The number of hydrogen-bond donors (Lipinski definition) is 3. The molecule has 0 spiro atoms. The maximum atomic E-state index is 12.5. The van der Waals surface area contributed by atoms with Gasteiger partial charge in [-0.05, 0) is 11.6 Å². The zero-order valence-corrected chi connectivity index (χ0v) is 19.5. The van der Waals surface area contributed by atoms with Crippen LogP contribution < -0.4 is 20.1 Å². The Labute approximate surface area is 192 Å². The van der Waals surface area contributed by atoms with E-state index in [0.717, 1.165) is 5.56 Å². The topological polar surface area (TPSA) is 91.8 Å². The van der Waals surface area contributed by atoms with Crippen molar-refractivity contribution in [3.05, 3.63) is 65.7 Å². The van der Waals surface area contributed by atoms with Crippen molar-refractivity contribution in [3.8, 4) is 5.75 Å². The summed E-state index contributed by atoms with van der Waals surface area (Å²) in [5, 5.41) is 5.83. The Kier molecular flexibility index (Phi) is 11.6. The minimum atomic E-state index is -3.47. The van der Waals surface area contributed by atoms with Crippen LogP contribution in [0.25, 0.3) is 0 Å². The number of guanidine groups is 1. The minimum absolute atomic E-state index is 0. The monoisotopic (exact) mass is 554 g/mol. The molecule has 166 valence electrons. The molecule has 0 heterocycles. The maximum absolute atomic E-state index is 12.5. The van der Waals surface area contributed by atoms with Gasteiger partial charge in [0, 0.05) is 32.2 Å². The Morgan fingerprint density at radius 1 is 1.03 bits per heavy atom. The fraction of sp³-hybridized carbons (Fsp3) is 0.316.